The molecular weight excluding hydrogens is 205 g/mol. The van der Waals surface area contributed by atoms with E-state index in [1.165, 1.54) is 0 Å². The molecule has 0 aromatic heterocycles. The zero-order valence-corrected chi connectivity index (χ0v) is 8.60. The maximum Gasteiger partial charge on any atom is 0.270 e. The van der Waals surface area contributed by atoms with Crippen LogP contribution in [0.15, 0.2) is 18.2 Å². The molecule has 0 spiro atoms. The largest absolute Gasteiger partial charge is 0.396 e. The monoisotopic (exact) mass is 218 g/mol. The number of aliphatic hydroxyl groups excluding tert-OH is 1. The molecule has 0 amide bonds. The van der Waals surface area contributed by atoms with E-state index in [0.717, 1.165) is 25.1 Å². The van der Waals surface area contributed by atoms with Crippen LogP contribution < -0.4 is 0 Å². The van der Waals surface area contributed by atoms with Gasteiger partial charge < -0.3 is 5.11 Å². The molecule has 84 valence electrons. The lowest BCUT2D eigenvalue weighted by atomic mass is 9.97. The molecule has 0 fully saturated rings. The van der Waals surface area contributed by atoms with Gasteiger partial charge in [-0.3, -0.25) is 0 Å². The van der Waals surface area contributed by atoms with Crippen LogP contribution in [-0.2, 0) is 5.92 Å². The van der Waals surface area contributed by atoms with Crippen LogP contribution in [0.4, 0.5) is 13.2 Å². The SMILES string of the molecule is CC(CO)c1cc(C(C)(F)F)ccc1F. The van der Waals surface area contributed by atoms with E-state index in [-0.39, 0.29) is 17.7 Å². The first-order valence-corrected chi connectivity index (χ1v) is 4.65. The Hall–Kier alpha value is -1.03. The zero-order chi connectivity index (χ0) is 11.6. The van der Waals surface area contributed by atoms with E-state index in [0.29, 0.717) is 0 Å². The topological polar surface area (TPSA) is 20.2 Å². The lowest BCUT2D eigenvalue weighted by Crippen LogP contribution is -2.10. The zero-order valence-electron chi connectivity index (χ0n) is 8.60. The van der Waals surface area contributed by atoms with Crippen molar-refractivity contribution in [2.24, 2.45) is 0 Å². The predicted octanol–water partition coefficient (Wildman–Crippen LogP) is 3.03. The van der Waals surface area contributed by atoms with E-state index in [9.17, 15) is 13.2 Å². The first kappa shape index (κ1) is 12.0. The summed E-state index contributed by atoms with van der Waals surface area (Å²) in [6, 6.07) is 3.17. The second kappa shape index (κ2) is 4.23. The third-order valence-corrected chi connectivity index (χ3v) is 2.31. The fraction of sp³-hybridized carbons (Fsp3) is 0.455. The molecule has 0 heterocycles. The van der Waals surface area contributed by atoms with Gasteiger partial charge in [0.25, 0.3) is 5.92 Å². The molecule has 1 N–H and O–H groups in total. The highest BCUT2D eigenvalue weighted by atomic mass is 19.3. The van der Waals surface area contributed by atoms with Gasteiger partial charge in [-0.25, -0.2) is 13.2 Å². The van der Waals surface area contributed by atoms with E-state index in [1.54, 1.807) is 6.92 Å². The summed E-state index contributed by atoms with van der Waals surface area (Å²) in [7, 11) is 0. The molecule has 0 saturated heterocycles. The second-order valence-electron chi connectivity index (χ2n) is 3.71. The predicted molar refractivity (Wildman–Crippen MR) is 51.5 cm³/mol. The Labute approximate surface area is 86.5 Å². The van der Waals surface area contributed by atoms with Crippen molar-refractivity contribution in [3.05, 3.63) is 35.1 Å². The highest BCUT2D eigenvalue weighted by Crippen LogP contribution is 2.30. The van der Waals surface area contributed by atoms with Gasteiger partial charge in [0.05, 0.1) is 0 Å². The lowest BCUT2D eigenvalue weighted by molar-refractivity contribution is 0.0173. The molecule has 1 aromatic carbocycles. The summed E-state index contributed by atoms with van der Waals surface area (Å²) >= 11 is 0. The molecule has 15 heavy (non-hydrogen) atoms. The van der Waals surface area contributed by atoms with Crippen LogP contribution in [0.2, 0.25) is 0 Å². The summed E-state index contributed by atoms with van der Waals surface area (Å²) in [6.07, 6.45) is 0. The molecule has 0 saturated carbocycles. The molecule has 1 aromatic rings. The van der Waals surface area contributed by atoms with Gasteiger partial charge >= 0.3 is 0 Å². The lowest BCUT2D eigenvalue weighted by Gasteiger charge is -2.15. The molecule has 1 atom stereocenters. The molecule has 0 aliphatic carbocycles. The molecule has 4 heteroatoms. The standard InChI is InChI=1S/C11H13F3O/c1-7(6-15)9-5-8(11(2,13)14)3-4-10(9)12/h3-5,7,15H,6H2,1-2H3. The first-order valence-electron chi connectivity index (χ1n) is 4.65. The smallest absolute Gasteiger partial charge is 0.270 e. The minimum atomic E-state index is -2.99. The number of alkyl halides is 2. The Balaban J connectivity index is 3.17. The fourth-order valence-electron chi connectivity index (χ4n) is 1.29. The molecule has 1 nitrogen and oxygen atoms in total. The Morgan fingerprint density at radius 3 is 2.47 bits per heavy atom. The van der Waals surface area contributed by atoms with Crippen LogP contribution in [0.3, 0.4) is 0 Å². The highest BCUT2D eigenvalue weighted by Gasteiger charge is 2.25. The Morgan fingerprint density at radius 2 is 2.00 bits per heavy atom. The third-order valence-electron chi connectivity index (χ3n) is 2.31. The Bertz CT molecular complexity index is 344. The molecule has 1 rings (SSSR count). The minimum Gasteiger partial charge on any atom is -0.396 e. The molecule has 0 aliphatic heterocycles. The molecular formula is C11H13F3O. The summed E-state index contributed by atoms with van der Waals surface area (Å²) in [5, 5.41) is 8.85. The van der Waals surface area contributed by atoms with Crippen molar-refractivity contribution >= 4 is 0 Å². The van der Waals surface area contributed by atoms with Gasteiger partial charge in [0.15, 0.2) is 0 Å². The Morgan fingerprint density at radius 1 is 1.40 bits per heavy atom. The molecule has 0 bridgehead atoms. The maximum atomic E-state index is 13.2. The van der Waals surface area contributed by atoms with Gasteiger partial charge in [-0.05, 0) is 17.7 Å². The van der Waals surface area contributed by atoms with E-state index in [4.69, 9.17) is 5.11 Å². The molecule has 0 radical (unpaired) electrons. The number of aliphatic hydroxyl groups is 1. The number of benzene rings is 1. The van der Waals surface area contributed by atoms with Crippen LogP contribution in [-0.4, -0.2) is 11.7 Å². The van der Waals surface area contributed by atoms with Crippen LogP contribution in [0.25, 0.3) is 0 Å². The number of hydrogen-bond acceptors (Lipinski definition) is 1. The van der Waals surface area contributed by atoms with Gasteiger partial charge in [0, 0.05) is 25.0 Å². The van der Waals surface area contributed by atoms with Gasteiger partial charge in [-0.15, -0.1) is 0 Å². The minimum absolute atomic E-state index is 0.122. The number of hydrogen-bond donors (Lipinski definition) is 1. The molecule has 0 aliphatic rings. The summed E-state index contributed by atoms with van der Waals surface area (Å²) in [5.41, 5.74) is -0.115. The van der Waals surface area contributed by atoms with E-state index < -0.39 is 17.7 Å². The van der Waals surface area contributed by atoms with Crippen molar-refractivity contribution in [1.29, 1.82) is 0 Å². The van der Waals surface area contributed by atoms with E-state index in [2.05, 4.69) is 0 Å². The molecule has 1 unspecified atom stereocenters. The highest BCUT2D eigenvalue weighted by molar-refractivity contribution is 5.30. The van der Waals surface area contributed by atoms with Gasteiger partial charge in [0.2, 0.25) is 0 Å². The average Bonchev–Trinajstić information content (AvgIpc) is 2.15. The van der Waals surface area contributed by atoms with Crippen LogP contribution in [0.5, 0.6) is 0 Å². The van der Waals surface area contributed by atoms with Crippen molar-refractivity contribution < 1.29 is 18.3 Å². The van der Waals surface area contributed by atoms with Crippen molar-refractivity contribution in [2.75, 3.05) is 6.61 Å². The van der Waals surface area contributed by atoms with Gasteiger partial charge in [-0.2, -0.15) is 0 Å². The van der Waals surface area contributed by atoms with Gasteiger partial charge in [0.1, 0.15) is 5.82 Å². The van der Waals surface area contributed by atoms with Crippen LogP contribution in [0, 0.1) is 5.82 Å². The second-order valence-corrected chi connectivity index (χ2v) is 3.71. The van der Waals surface area contributed by atoms with Crippen molar-refractivity contribution in [3.8, 4) is 0 Å². The van der Waals surface area contributed by atoms with Crippen LogP contribution >= 0.6 is 0 Å². The third kappa shape index (κ3) is 2.72. The number of rotatable bonds is 3. The van der Waals surface area contributed by atoms with Gasteiger partial charge in [-0.1, -0.05) is 13.0 Å². The summed E-state index contributed by atoms with van der Waals surface area (Å²) in [4.78, 5) is 0. The van der Waals surface area contributed by atoms with Crippen LogP contribution in [0.1, 0.15) is 30.9 Å². The van der Waals surface area contributed by atoms with E-state index in [1.807, 2.05) is 0 Å². The van der Waals surface area contributed by atoms with E-state index >= 15 is 0 Å². The summed E-state index contributed by atoms with van der Waals surface area (Å²) < 4.78 is 39.1. The normalized spacial score (nSPS) is 14.0. The van der Waals surface area contributed by atoms with Crippen molar-refractivity contribution in [2.45, 2.75) is 25.7 Å². The summed E-state index contributed by atoms with van der Waals surface area (Å²) in [5.74, 6) is -4.03. The van der Waals surface area contributed by atoms with Crippen molar-refractivity contribution in [1.82, 2.24) is 0 Å². The Kier molecular flexibility index (Phi) is 3.39. The van der Waals surface area contributed by atoms with Crippen molar-refractivity contribution in [3.63, 3.8) is 0 Å². The first-order chi connectivity index (χ1) is 6.86. The average molecular weight is 218 g/mol. The number of halogens is 3. The fourth-order valence-corrected chi connectivity index (χ4v) is 1.29. The quantitative estimate of drug-likeness (QED) is 0.826. The maximum absolute atomic E-state index is 13.2. The summed E-state index contributed by atoms with van der Waals surface area (Å²) in [6.45, 7) is 2.07.